The molecule has 0 N–H and O–H groups in total. The molecule has 0 bridgehead atoms. The van der Waals surface area contributed by atoms with Gasteiger partial charge in [0.05, 0.1) is 16.0 Å². The van der Waals surface area contributed by atoms with Gasteiger partial charge in [0, 0.05) is 55.6 Å². The number of amides is 2. The average molecular weight is 518 g/mol. The number of nitrogens with zero attached hydrogens (tertiary/aromatic N) is 5. The summed E-state index contributed by atoms with van der Waals surface area (Å²) in [6, 6.07) is 12.9. The van der Waals surface area contributed by atoms with E-state index in [-0.39, 0.29) is 23.2 Å². The molecule has 0 spiro atoms. The van der Waals surface area contributed by atoms with Crippen LogP contribution >= 0.6 is 11.8 Å². The van der Waals surface area contributed by atoms with E-state index in [1.54, 1.807) is 28.0 Å². The SMILES string of the molecule is CC(C)c1ccccc1Sc1ccc(/C=C/C(=O)N2CCN(C(=O)c3cnccn3)CC2)cc1[N+](=O)[O-]. The van der Waals surface area contributed by atoms with Crippen molar-refractivity contribution in [1.29, 1.82) is 0 Å². The summed E-state index contributed by atoms with van der Waals surface area (Å²) in [6.07, 6.45) is 7.40. The molecule has 1 aliphatic rings. The lowest BCUT2D eigenvalue weighted by atomic mass is 10.0. The van der Waals surface area contributed by atoms with Crippen molar-refractivity contribution < 1.29 is 14.5 Å². The van der Waals surface area contributed by atoms with Gasteiger partial charge in [-0.15, -0.1) is 0 Å². The Kier molecular flexibility index (Phi) is 8.29. The molecule has 0 unspecified atom stereocenters. The molecule has 1 saturated heterocycles. The van der Waals surface area contributed by atoms with Crippen molar-refractivity contribution in [2.45, 2.75) is 29.6 Å². The summed E-state index contributed by atoms with van der Waals surface area (Å²) in [5, 5.41) is 11.8. The third-order valence-corrected chi connectivity index (χ3v) is 7.18. The zero-order chi connectivity index (χ0) is 26.4. The minimum Gasteiger partial charge on any atom is -0.336 e. The minimum atomic E-state index is -0.396. The first-order chi connectivity index (χ1) is 17.8. The highest BCUT2D eigenvalue weighted by Crippen LogP contribution is 2.39. The number of carbonyl (C=O) groups excluding carboxylic acids is 2. The molecule has 4 rings (SSSR count). The summed E-state index contributed by atoms with van der Waals surface area (Å²) in [5.74, 6) is -0.126. The van der Waals surface area contributed by atoms with Crippen molar-refractivity contribution in [3.63, 3.8) is 0 Å². The van der Waals surface area contributed by atoms with Gasteiger partial charge in [0.1, 0.15) is 5.69 Å². The van der Waals surface area contributed by atoms with E-state index in [0.29, 0.717) is 42.6 Å². The predicted molar refractivity (Wildman–Crippen MR) is 141 cm³/mol. The molecule has 2 aromatic carbocycles. The monoisotopic (exact) mass is 517 g/mol. The Hall–Kier alpha value is -4.05. The van der Waals surface area contributed by atoms with E-state index in [9.17, 15) is 19.7 Å². The van der Waals surface area contributed by atoms with Gasteiger partial charge in [-0.1, -0.05) is 49.9 Å². The highest BCUT2D eigenvalue weighted by molar-refractivity contribution is 7.99. The first-order valence-electron chi connectivity index (χ1n) is 11.9. The summed E-state index contributed by atoms with van der Waals surface area (Å²) in [4.78, 5) is 49.4. The van der Waals surface area contributed by atoms with Crippen LogP contribution in [0.3, 0.4) is 0 Å². The van der Waals surface area contributed by atoms with Gasteiger partial charge < -0.3 is 9.80 Å². The van der Waals surface area contributed by atoms with E-state index in [1.165, 1.54) is 42.5 Å². The van der Waals surface area contributed by atoms with E-state index in [0.717, 1.165) is 10.5 Å². The van der Waals surface area contributed by atoms with Crippen LogP contribution in [-0.2, 0) is 4.79 Å². The molecule has 10 heteroatoms. The van der Waals surface area contributed by atoms with Gasteiger partial charge in [0.25, 0.3) is 11.6 Å². The Morgan fingerprint density at radius 1 is 1.03 bits per heavy atom. The topological polar surface area (TPSA) is 110 Å². The van der Waals surface area contributed by atoms with E-state index in [4.69, 9.17) is 0 Å². The molecule has 9 nitrogen and oxygen atoms in total. The second kappa shape index (κ2) is 11.8. The number of hydrogen-bond donors (Lipinski definition) is 0. The predicted octanol–water partition coefficient (Wildman–Crippen LogP) is 4.66. The Balaban J connectivity index is 1.41. The molecule has 0 radical (unpaired) electrons. The fourth-order valence-corrected chi connectivity index (χ4v) is 5.19. The van der Waals surface area contributed by atoms with E-state index in [1.807, 2.05) is 24.3 Å². The number of nitro benzene ring substituents is 1. The van der Waals surface area contributed by atoms with Crippen molar-refractivity contribution in [2.24, 2.45) is 0 Å². The second-order valence-corrected chi connectivity index (χ2v) is 9.90. The van der Waals surface area contributed by atoms with Crippen LogP contribution in [0.4, 0.5) is 5.69 Å². The van der Waals surface area contributed by atoms with Gasteiger partial charge in [-0.25, -0.2) is 4.98 Å². The fraction of sp³-hybridized carbons (Fsp3) is 0.259. The highest BCUT2D eigenvalue weighted by Gasteiger charge is 2.25. The van der Waals surface area contributed by atoms with E-state index >= 15 is 0 Å². The summed E-state index contributed by atoms with van der Waals surface area (Å²) in [5.41, 5.74) is 1.97. The molecule has 1 fully saturated rings. The van der Waals surface area contributed by atoms with Crippen molar-refractivity contribution in [3.8, 4) is 0 Å². The van der Waals surface area contributed by atoms with Crippen molar-refractivity contribution in [1.82, 2.24) is 19.8 Å². The van der Waals surface area contributed by atoms with Crippen LogP contribution in [0.5, 0.6) is 0 Å². The largest absolute Gasteiger partial charge is 0.336 e. The van der Waals surface area contributed by atoms with Crippen LogP contribution in [0.1, 0.15) is 41.4 Å². The summed E-state index contributed by atoms with van der Waals surface area (Å²) in [7, 11) is 0. The molecule has 1 aromatic heterocycles. The third-order valence-electron chi connectivity index (χ3n) is 6.02. The molecule has 190 valence electrons. The number of benzene rings is 2. The van der Waals surface area contributed by atoms with Crippen LogP contribution in [-0.4, -0.2) is 62.7 Å². The smallest absolute Gasteiger partial charge is 0.283 e. The van der Waals surface area contributed by atoms with Crippen molar-refractivity contribution >= 4 is 35.3 Å². The van der Waals surface area contributed by atoms with E-state index < -0.39 is 4.92 Å². The standard InChI is InChI=1S/C27H27N5O4S/c1-19(2)21-5-3-4-6-24(21)37-25-9-7-20(17-23(25)32(35)36)8-10-26(33)30-13-15-31(16-14-30)27(34)22-18-28-11-12-29-22/h3-12,17-19H,13-16H2,1-2H3/b10-8+. The molecular weight excluding hydrogens is 490 g/mol. The lowest BCUT2D eigenvalue weighted by Gasteiger charge is -2.34. The molecule has 3 aromatic rings. The van der Waals surface area contributed by atoms with Gasteiger partial charge in [0.2, 0.25) is 5.91 Å². The molecule has 0 atom stereocenters. The molecular formula is C27H27N5O4S. The molecule has 1 aliphatic heterocycles. The Morgan fingerprint density at radius 2 is 1.76 bits per heavy atom. The Bertz CT molecular complexity index is 1320. The van der Waals surface area contributed by atoms with Crippen molar-refractivity contribution in [3.05, 3.63) is 94.1 Å². The van der Waals surface area contributed by atoms with Crippen LogP contribution in [0.25, 0.3) is 6.08 Å². The average Bonchev–Trinajstić information content (AvgIpc) is 2.92. The number of hydrogen-bond acceptors (Lipinski definition) is 7. The maximum Gasteiger partial charge on any atom is 0.283 e. The molecule has 2 heterocycles. The van der Waals surface area contributed by atoms with Gasteiger partial charge in [-0.05, 0) is 35.3 Å². The lowest BCUT2D eigenvalue weighted by molar-refractivity contribution is -0.387. The maximum atomic E-state index is 12.7. The van der Waals surface area contributed by atoms with E-state index in [2.05, 4.69) is 23.8 Å². The molecule has 0 saturated carbocycles. The molecule has 0 aliphatic carbocycles. The van der Waals surface area contributed by atoms with Gasteiger partial charge in [-0.3, -0.25) is 24.7 Å². The lowest BCUT2D eigenvalue weighted by Crippen LogP contribution is -2.50. The number of aromatic nitrogens is 2. The first-order valence-corrected chi connectivity index (χ1v) is 12.7. The van der Waals surface area contributed by atoms with Crippen LogP contribution in [0.15, 0.2) is 76.9 Å². The quantitative estimate of drug-likeness (QED) is 0.255. The van der Waals surface area contributed by atoms with Gasteiger partial charge >= 0.3 is 0 Å². The normalized spacial score (nSPS) is 13.8. The number of carbonyl (C=O) groups is 2. The van der Waals surface area contributed by atoms with Crippen molar-refractivity contribution in [2.75, 3.05) is 26.2 Å². The second-order valence-electron chi connectivity index (χ2n) is 8.82. The minimum absolute atomic E-state index is 0.00528. The summed E-state index contributed by atoms with van der Waals surface area (Å²) < 4.78 is 0. The maximum absolute atomic E-state index is 12.7. The Labute approximate surface area is 219 Å². The summed E-state index contributed by atoms with van der Waals surface area (Å²) in [6.45, 7) is 5.75. The Morgan fingerprint density at radius 3 is 2.43 bits per heavy atom. The van der Waals surface area contributed by atoms with Gasteiger partial charge in [0.15, 0.2) is 0 Å². The van der Waals surface area contributed by atoms with Crippen LogP contribution < -0.4 is 0 Å². The number of nitro groups is 1. The zero-order valence-electron chi connectivity index (χ0n) is 20.6. The summed E-state index contributed by atoms with van der Waals surface area (Å²) >= 11 is 1.37. The highest BCUT2D eigenvalue weighted by atomic mass is 32.2. The zero-order valence-corrected chi connectivity index (χ0v) is 21.4. The third kappa shape index (κ3) is 6.39. The molecule has 37 heavy (non-hydrogen) atoms. The molecule has 2 amide bonds. The fourth-order valence-electron chi connectivity index (χ4n) is 4.01. The number of piperazine rings is 1. The first kappa shape index (κ1) is 26.0. The van der Waals surface area contributed by atoms with Gasteiger partial charge in [-0.2, -0.15) is 0 Å². The van der Waals surface area contributed by atoms with Crippen LogP contribution in [0.2, 0.25) is 0 Å². The van der Waals surface area contributed by atoms with Crippen LogP contribution in [0, 0.1) is 10.1 Å². The number of rotatable bonds is 7.